The molecule has 2 atom stereocenters. The largest absolute Gasteiger partial charge is 0.348 e. The molecule has 2 amide bonds. The van der Waals surface area contributed by atoms with Crippen LogP contribution in [0.2, 0.25) is 0 Å². The second-order valence-electron chi connectivity index (χ2n) is 5.86. The third-order valence-electron chi connectivity index (χ3n) is 4.08. The van der Waals surface area contributed by atoms with Gasteiger partial charge >= 0.3 is 0 Å². The van der Waals surface area contributed by atoms with E-state index >= 15 is 0 Å². The summed E-state index contributed by atoms with van der Waals surface area (Å²) in [4.78, 5) is 25.8. The van der Waals surface area contributed by atoms with E-state index in [0.29, 0.717) is 12.8 Å². The Kier molecular flexibility index (Phi) is 6.47. The summed E-state index contributed by atoms with van der Waals surface area (Å²) >= 11 is 1.68. The highest BCUT2D eigenvalue weighted by Gasteiger charge is 2.22. The van der Waals surface area contributed by atoms with Crippen molar-refractivity contribution in [2.75, 3.05) is 23.5 Å². The lowest BCUT2D eigenvalue weighted by Gasteiger charge is -2.21. The average Bonchev–Trinajstić information content (AvgIpc) is 2.98. The molecule has 0 aromatic heterocycles. The lowest BCUT2D eigenvalue weighted by Crippen LogP contribution is -2.42. The highest BCUT2D eigenvalue weighted by atomic mass is 32.2. The summed E-state index contributed by atoms with van der Waals surface area (Å²) in [7, 11) is 0. The van der Waals surface area contributed by atoms with Gasteiger partial charge in [-0.05, 0) is 49.5 Å². The van der Waals surface area contributed by atoms with Gasteiger partial charge in [0, 0.05) is 18.7 Å². The van der Waals surface area contributed by atoms with Gasteiger partial charge in [-0.25, -0.2) is 0 Å². The second kappa shape index (κ2) is 8.36. The Morgan fingerprint density at radius 1 is 1.48 bits per heavy atom. The van der Waals surface area contributed by atoms with Gasteiger partial charge in [0.1, 0.15) is 0 Å². The first-order chi connectivity index (χ1) is 11.0. The van der Waals surface area contributed by atoms with Gasteiger partial charge in [0.05, 0.1) is 12.1 Å². The molecule has 0 bridgehead atoms. The third-order valence-corrected chi connectivity index (χ3v) is 4.73. The highest BCUT2D eigenvalue weighted by molar-refractivity contribution is 7.98. The second-order valence-corrected chi connectivity index (χ2v) is 6.85. The van der Waals surface area contributed by atoms with Crippen LogP contribution in [-0.4, -0.2) is 36.4 Å². The van der Waals surface area contributed by atoms with E-state index in [-0.39, 0.29) is 17.9 Å². The van der Waals surface area contributed by atoms with E-state index < -0.39 is 6.04 Å². The van der Waals surface area contributed by atoms with Crippen LogP contribution in [0, 0.1) is 0 Å². The number of nitrogens with one attached hydrogen (secondary N) is 1. The summed E-state index contributed by atoms with van der Waals surface area (Å²) in [6.07, 6.45) is 4.18. The van der Waals surface area contributed by atoms with Crippen LogP contribution in [0.25, 0.3) is 0 Å². The van der Waals surface area contributed by atoms with E-state index in [2.05, 4.69) is 5.32 Å². The first kappa shape index (κ1) is 17.8. The Balaban J connectivity index is 2.00. The van der Waals surface area contributed by atoms with Gasteiger partial charge < -0.3 is 16.0 Å². The Labute approximate surface area is 142 Å². The molecule has 1 fully saturated rings. The Morgan fingerprint density at radius 3 is 2.91 bits per heavy atom. The van der Waals surface area contributed by atoms with Crippen LogP contribution in [0.3, 0.4) is 0 Å². The average molecular weight is 335 g/mol. The first-order valence-electron chi connectivity index (χ1n) is 7.98. The monoisotopic (exact) mass is 335 g/mol. The van der Waals surface area contributed by atoms with E-state index in [0.717, 1.165) is 30.0 Å². The first-order valence-corrected chi connectivity index (χ1v) is 9.37. The van der Waals surface area contributed by atoms with Crippen LogP contribution in [0.4, 0.5) is 5.69 Å². The minimum absolute atomic E-state index is 0.130. The number of anilines is 1. The van der Waals surface area contributed by atoms with Crippen molar-refractivity contribution in [1.29, 1.82) is 0 Å². The predicted molar refractivity (Wildman–Crippen MR) is 95.6 cm³/mol. The molecule has 0 spiro atoms. The van der Waals surface area contributed by atoms with Crippen molar-refractivity contribution in [2.24, 2.45) is 5.73 Å². The predicted octanol–water partition coefficient (Wildman–Crippen LogP) is 2.07. The summed E-state index contributed by atoms with van der Waals surface area (Å²) < 4.78 is 0. The van der Waals surface area contributed by atoms with Crippen LogP contribution in [0.15, 0.2) is 24.3 Å². The van der Waals surface area contributed by atoms with Gasteiger partial charge in [0.15, 0.2) is 0 Å². The van der Waals surface area contributed by atoms with E-state index in [4.69, 9.17) is 5.73 Å². The number of carbonyl (C=O) groups excluding carboxylic acids is 2. The Bertz CT molecular complexity index is 565. The number of rotatable bonds is 7. The van der Waals surface area contributed by atoms with E-state index in [1.54, 1.807) is 11.8 Å². The highest BCUT2D eigenvalue weighted by Crippen LogP contribution is 2.24. The molecule has 1 aromatic carbocycles. The lowest BCUT2D eigenvalue weighted by molar-refractivity contribution is -0.123. The van der Waals surface area contributed by atoms with Crippen molar-refractivity contribution in [2.45, 2.75) is 38.3 Å². The molecule has 0 aliphatic carbocycles. The molecule has 0 radical (unpaired) electrons. The molecule has 1 saturated heterocycles. The summed E-state index contributed by atoms with van der Waals surface area (Å²) in [5, 5.41) is 2.96. The molecule has 1 heterocycles. The Hall–Kier alpha value is -1.53. The van der Waals surface area contributed by atoms with Crippen LogP contribution in [0.5, 0.6) is 0 Å². The molecule has 6 heteroatoms. The zero-order valence-electron chi connectivity index (χ0n) is 13.7. The quantitative estimate of drug-likeness (QED) is 0.800. The van der Waals surface area contributed by atoms with Crippen LogP contribution in [0.1, 0.15) is 37.8 Å². The normalized spacial score (nSPS) is 17.2. The molecular formula is C17H25N3O2S. The van der Waals surface area contributed by atoms with Gasteiger partial charge in [-0.2, -0.15) is 11.8 Å². The summed E-state index contributed by atoms with van der Waals surface area (Å²) in [5.41, 5.74) is 7.78. The van der Waals surface area contributed by atoms with Crippen LogP contribution in [-0.2, 0) is 9.59 Å². The van der Waals surface area contributed by atoms with E-state index in [1.165, 1.54) is 0 Å². The van der Waals surface area contributed by atoms with Gasteiger partial charge in [-0.3, -0.25) is 9.59 Å². The number of amides is 2. The van der Waals surface area contributed by atoms with Gasteiger partial charge in [0.25, 0.3) is 0 Å². The number of nitrogens with two attached hydrogens (primary N) is 1. The molecule has 1 aromatic rings. The van der Waals surface area contributed by atoms with Crippen molar-refractivity contribution in [3.05, 3.63) is 29.8 Å². The third kappa shape index (κ3) is 4.72. The number of hydrogen-bond acceptors (Lipinski definition) is 4. The topological polar surface area (TPSA) is 75.4 Å². The number of nitrogens with zero attached hydrogens (tertiary/aromatic N) is 1. The molecule has 3 N–H and O–H groups in total. The molecule has 1 unspecified atom stereocenters. The maximum atomic E-state index is 12.1. The molecular weight excluding hydrogens is 310 g/mol. The number of carbonyl (C=O) groups is 2. The van der Waals surface area contributed by atoms with Crippen molar-refractivity contribution in [3.8, 4) is 0 Å². The zero-order chi connectivity index (χ0) is 16.8. The van der Waals surface area contributed by atoms with Crippen molar-refractivity contribution in [3.63, 3.8) is 0 Å². The number of hydrogen-bond donors (Lipinski definition) is 2. The lowest BCUT2D eigenvalue weighted by atomic mass is 10.1. The standard InChI is InChI=1S/C17H25N3O2S/c1-12(19-17(22)15(18)8-10-23-2)13-5-3-6-14(11-13)20-9-4-7-16(20)21/h3,5-6,11-12,15H,4,7-10,18H2,1-2H3,(H,19,22)/t12?,15-/m0/s1. The molecule has 1 aliphatic rings. The summed E-state index contributed by atoms with van der Waals surface area (Å²) in [6.45, 7) is 2.70. The van der Waals surface area contributed by atoms with Crippen molar-refractivity contribution >= 4 is 29.3 Å². The minimum Gasteiger partial charge on any atom is -0.348 e. The molecule has 0 saturated carbocycles. The van der Waals surface area contributed by atoms with E-state index in [9.17, 15) is 9.59 Å². The van der Waals surface area contributed by atoms with Gasteiger partial charge in [-0.1, -0.05) is 12.1 Å². The van der Waals surface area contributed by atoms with Crippen LogP contribution >= 0.6 is 11.8 Å². The number of benzene rings is 1. The maximum Gasteiger partial charge on any atom is 0.237 e. The Morgan fingerprint density at radius 2 is 2.26 bits per heavy atom. The fourth-order valence-corrected chi connectivity index (χ4v) is 3.15. The van der Waals surface area contributed by atoms with Gasteiger partial charge in [-0.15, -0.1) is 0 Å². The summed E-state index contributed by atoms with van der Waals surface area (Å²) in [5.74, 6) is 0.905. The number of thioether (sulfide) groups is 1. The van der Waals surface area contributed by atoms with Crippen molar-refractivity contribution < 1.29 is 9.59 Å². The molecule has 2 rings (SSSR count). The minimum atomic E-state index is -0.478. The zero-order valence-corrected chi connectivity index (χ0v) is 14.6. The molecule has 23 heavy (non-hydrogen) atoms. The SMILES string of the molecule is CSCC[C@H](N)C(=O)NC(C)c1cccc(N2CCCC2=O)c1. The fraction of sp³-hybridized carbons (Fsp3) is 0.529. The molecule has 5 nitrogen and oxygen atoms in total. The van der Waals surface area contributed by atoms with Crippen molar-refractivity contribution in [1.82, 2.24) is 5.32 Å². The molecule has 126 valence electrons. The maximum absolute atomic E-state index is 12.1. The summed E-state index contributed by atoms with van der Waals surface area (Å²) in [6, 6.07) is 7.18. The van der Waals surface area contributed by atoms with Gasteiger partial charge in [0.2, 0.25) is 11.8 Å². The van der Waals surface area contributed by atoms with E-state index in [1.807, 2.05) is 42.3 Å². The van der Waals surface area contributed by atoms with Crippen LogP contribution < -0.4 is 16.0 Å². The molecule has 1 aliphatic heterocycles. The fourth-order valence-electron chi connectivity index (χ4n) is 2.66. The smallest absolute Gasteiger partial charge is 0.237 e.